The van der Waals surface area contributed by atoms with Crippen LogP contribution in [-0.2, 0) is 4.74 Å². The number of hydrogen-bond acceptors (Lipinski definition) is 4. The summed E-state index contributed by atoms with van der Waals surface area (Å²) in [5.74, 6) is 0. The second-order valence-corrected chi connectivity index (χ2v) is 6.22. The number of amides is 1. The molecule has 1 rings (SSSR count). The van der Waals surface area contributed by atoms with E-state index in [2.05, 4.69) is 10.7 Å². The van der Waals surface area contributed by atoms with Gasteiger partial charge in [0, 0.05) is 26.2 Å². The molecule has 0 aromatic carbocycles. The van der Waals surface area contributed by atoms with E-state index in [0.717, 1.165) is 25.7 Å². The molecule has 2 N–H and O–H groups in total. The average molecular weight is 257 g/mol. The van der Waals surface area contributed by atoms with Gasteiger partial charge in [-0.25, -0.2) is 4.79 Å². The second kappa shape index (κ2) is 6.38. The summed E-state index contributed by atoms with van der Waals surface area (Å²) in [5, 5.41) is 4.94. The van der Waals surface area contributed by atoms with E-state index >= 15 is 0 Å². The molecule has 0 aliphatic heterocycles. The lowest BCUT2D eigenvalue weighted by atomic mass is 9.92. The molecule has 0 atom stereocenters. The molecular weight excluding hydrogens is 230 g/mol. The number of carbonyl (C=O) groups excluding carboxylic acids is 1. The minimum atomic E-state index is -0.423. The van der Waals surface area contributed by atoms with Crippen LogP contribution in [0.2, 0.25) is 0 Å². The molecule has 0 saturated heterocycles. The summed E-state index contributed by atoms with van der Waals surface area (Å²) in [5.41, 5.74) is 2.96. The number of rotatable bonds is 3. The van der Waals surface area contributed by atoms with Gasteiger partial charge in [-0.1, -0.05) is 0 Å². The fourth-order valence-corrected chi connectivity index (χ4v) is 2.21. The predicted molar refractivity (Wildman–Crippen MR) is 72.2 cm³/mol. The Hall–Kier alpha value is -0.810. The summed E-state index contributed by atoms with van der Waals surface area (Å²) in [6, 6.07) is 0.775. The Labute approximate surface area is 110 Å². The Morgan fingerprint density at radius 2 is 1.61 bits per heavy atom. The van der Waals surface area contributed by atoms with Crippen molar-refractivity contribution in [3.8, 4) is 0 Å². The van der Waals surface area contributed by atoms with Crippen LogP contribution in [0.25, 0.3) is 0 Å². The summed E-state index contributed by atoms with van der Waals surface area (Å²) in [6.07, 6.45) is 3.87. The van der Waals surface area contributed by atoms with Crippen LogP contribution < -0.4 is 10.7 Å². The van der Waals surface area contributed by atoms with Gasteiger partial charge in [0.15, 0.2) is 0 Å². The van der Waals surface area contributed by atoms with Crippen LogP contribution in [0, 0.1) is 0 Å². The van der Waals surface area contributed by atoms with Crippen molar-refractivity contribution in [1.29, 1.82) is 0 Å². The van der Waals surface area contributed by atoms with Crippen LogP contribution in [0.15, 0.2) is 0 Å². The fraction of sp³-hybridized carbons (Fsp3) is 0.923. The Kier molecular flexibility index (Phi) is 5.41. The maximum atomic E-state index is 11.6. The monoisotopic (exact) mass is 257 g/mol. The summed E-state index contributed by atoms with van der Waals surface area (Å²) in [6.45, 7) is 5.64. The molecule has 106 valence electrons. The molecule has 0 aromatic rings. The number of nitrogens with one attached hydrogen (secondary N) is 2. The van der Waals surface area contributed by atoms with E-state index in [-0.39, 0.29) is 12.1 Å². The number of alkyl carbamates (subject to hydrolysis) is 1. The Morgan fingerprint density at radius 1 is 1.11 bits per heavy atom. The quantitative estimate of drug-likeness (QED) is 0.758. The Morgan fingerprint density at radius 3 is 2.06 bits per heavy atom. The molecule has 5 nitrogen and oxygen atoms in total. The van der Waals surface area contributed by atoms with E-state index in [1.54, 1.807) is 0 Å². The lowest BCUT2D eigenvalue weighted by Crippen LogP contribution is -2.46. The first-order valence-electron chi connectivity index (χ1n) is 6.69. The average Bonchev–Trinajstić information content (AvgIpc) is 2.17. The lowest BCUT2D eigenvalue weighted by molar-refractivity contribution is 0.0485. The third-order valence-corrected chi connectivity index (χ3v) is 2.89. The molecule has 1 aliphatic carbocycles. The van der Waals surface area contributed by atoms with Crippen molar-refractivity contribution < 1.29 is 9.53 Å². The topological polar surface area (TPSA) is 53.6 Å². The predicted octanol–water partition coefficient (Wildman–Crippen LogP) is 1.89. The third-order valence-electron chi connectivity index (χ3n) is 2.89. The largest absolute Gasteiger partial charge is 0.444 e. The standard InChI is InChI=1S/C13H27N3O2/c1-13(2,3)18-12(17)14-10-6-8-11(9-7-10)15-16(4)5/h10-11,15H,6-9H2,1-5H3,(H,14,17). The highest BCUT2D eigenvalue weighted by molar-refractivity contribution is 5.68. The summed E-state index contributed by atoms with van der Waals surface area (Å²) in [7, 11) is 4.01. The second-order valence-electron chi connectivity index (χ2n) is 6.22. The number of nitrogens with zero attached hydrogens (tertiary/aromatic N) is 1. The SMILES string of the molecule is CN(C)NC1CCC(NC(=O)OC(C)(C)C)CC1. The molecule has 0 heterocycles. The molecule has 0 radical (unpaired) electrons. The Bertz CT molecular complexity index is 266. The van der Waals surface area contributed by atoms with Gasteiger partial charge in [-0.05, 0) is 46.5 Å². The maximum absolute atomic E-state index is 11.6. The van der Waals surface area contributed by atoms with E-state index in [1.165, 1.54) is 0 Å². The van der Waals surface area contributed by atoms with Crippen LogP contribution in [0.3, 0.4) is 0 Å². The van der Waals surface area contributed by atoms with Gasteiger partial charge in [0.1, 0.15) is 5.60 Å². The number of hydrogen-bond donors (Lipinski definition) is 2. The van der Waals surface area contributed by atoms with Gasteiger partial charge in [-0.2, -0.15) is 0 Å². The highest BCUT2D eigenvalue weighted by Crippen LogP contribution is 2.19. The Balaban J connectivity index is 2.25. The molecule has 18 heavy (non-hydrogen) atoms. The van der Waals surface area contributed by atoms with E-state index in [9.17, 15) is 4.79 Å². The molecule has 5 heteroatoms. The van der Waals surface area contributed by atoms with Crippen molar-refractivity contribution >= 4 is 6.09 Å². The zero-order chi connectivity index (χ0) is 13.8. The molecule has 0 aromatic heterocycles. The van der Waals surface area contributed by atoms with E-state index in [4.69, 9.17) is 4.74 Å². The molecule has 1 aliphatic rings. The molecule has 0 unspecified atom stereocenters. The first kappa shape index (κ1) is 15.2. The van der Waals surface area contributed by atoms with Crippen LogP contribution in [0.5, 0.6) is 0 Å². The van der Waals surface area contributed by atoms with Crippen molar-refractivity contribution in [2.45, 2.75) is 64.1 Å². The molecular formula is C13H27N3O2. The van der Waals surface area contributed by atoms with Crippen molar-refractivity contribution in [1.82, 2.24) is 15.8 Å². The molecule has 1 amide bonds. The normalized spacial score (nSPS) is 25.0. The molecule has 1 fully saturated rings. The zero-order valence-corrected chi connectivity index (χ0v) is 12.2. The zero-order valence-electron chi connectivity index (χ0n) is 12.2. The summed E-state index contributed by atoms with van der Waals surface area (Å²) in [4.78, 5) is 11.6. The van der Waals surface area contributed by atoms with Crippen LogP contribution >= 0.6 is 0 Å². The van der Waals surface area contributed by atoms with E-state index in [1.807, 2.05) is 39.9 Å². The van der Waals surface area contributed by atoms with Crippen LogP contribution in [0.4, 0.5) is 4.79 Å². The summed E-state index contributed by atoms with van der Waals surface area (Å²) >= 11 is 0. The van der Waals surface area contributed by atoms with E-state index in [0.29, 0.717) is 6.04 Å². The van der Waals surface area contributed by atoms with E-state index < -0.39 is 5.60 Å². The van der Waals surface area contributed by atoms with Crippen molar-refractivity contribution in [3.63, 3.8) is 0 Å². The van der Waals surface area contributed by atoms with Gasteiger partial charge in [-0.3, -0.25) is 10.4 Å². The van der Waals surface area contributed by atoms with Crippen molar-refractivity contribution in [2.75, 3.05) is 14.1 Å². The van der Waals surface area contributed by atoms with Gasteiger partial charge in [0.05, 0.1) is 0 Å². The van der Waals surface area contributed by atoms with Crippen LogP contribution in [0.1, 0.15) is 46.5 Å². The highest BCUT2D eigenvalue weighted by atomic mass is 16.6. The molecule has 0 spiro atoms. The molecule has 1 saturated carbocycles. The number of hydrazine groups is 1. The van der Waals surface area contributed by atoms with Gasteiger partial charge in [-0.15, -0.1) is 0 Å². The van der Waals surface area contributed by atoms with Crippen LogP contribution in [-0.4, -0.2) is 42.9 Å². The third kappa shape index (κ3) is 6.21. The van der Waals surface area contributed by atoms with Gasteiger partial charge >= 0.3 is 6.09 Å². The first-order chi connectivity index (χ1) is 8.26. The highest BCUT2D eigenvalue weighted by Gasteiger charge is 2.24. The number of ether oxygens (including phenoxy) is 1. The van der Waals surface area contributed by atoms with Gasteiger partial charge in [0.2, 0.25) is 0 Å². The lowest BCUT2D eigenvalue weighted by Gasteiger charge is -2.32. The number of carbonyl (C=O) groups is 1. The first-order valence-corrected chi connectivity index (χ1v) is 6.69. The minimum absolute atomic E-state index is 0.250. The minimum Gasteiger partial charge on any atom is -0.444 e. The molecule has 0 bridgehead atoms. The fourth-order valence-electron chi connectivity index (χ4n) is 2.21. The van der Waals surface area contributed by atoms with Crippen molar-refractivity contribution in [2.24, 2.45) is 0 Å². The summed E-state index contributed by atoms with van der Waals surface area (Å²) < 4.78 is 5.26. The van der Waals surface area contributed by atoms with Gasteiger partial charge in [0.25, 0.3) is 0 Å². The van der Waals surface area contributed by atoms with Gasteiger partial charge < -0.3 is 10.1 Å². The maximum Gasteiger partial charge on any atom is 0.407 e. The smallest absolute Gasteiger partial charge is 0.407 e. The van der Waals surface area contributed by atoms with Crippen molar-refractivity contribution in [3.05, 3.63) is 0 Å².